The summed E-state index contributed by atoms with van der Waals surface area (Å²) >= 11 is 0. The number of rotatable bonds is 5. The standard InChI is InChI=1S/C20H16F7N3O3S/c21-9-34(31,32)29-15-7-30(8-20(15,26)27)16-6-14(33-28-16)18-12(24)4-5-13(25)19(18)17-10(22)2-1-3-11(17)23/h1-5,14-15,29H,6-9H2/t14?,15-/m1/s1. The molecule has 2 aromatic rings. The van der Waals surface area contributed by atoms with Gasteiger partial charge in [-0.3, -0.25) is 0 Å². The first kappa shape index (κ1) is 24.3. The number of amidine groups is 1. The molecule has 1 fully saturated rings. The second-order valence-corrected chi connectivity index (χ2v) is 9.44. The molecule has 1 N–H and O–H groups in total. The van der Waals surface area contributed by atoms with E-state index in [1.165, 1.54) is 0 Å². The summed E-state index contributed by atoms with van der Waals surface area (Å²) in [5.74, 6) is -8.30. The highest BCUT2D eigenvalue weighted by Gasteiger charge is 2.51. The summed E-state index contributed by atoms with van der Waals surface area (Å²) in [6.45, 7) is -1.62. The van der Waals surface area contributed by atoms with E-state index < -0.39 is 87.1 Å². The minimum Gasteiger partial charge on any atom is -0.386 e. The van der Waals surface area contributed by atoms with Crippen LogP contribution in [0.1, 0.15) is 18.1 Å². The molecule has 0 amide bonds. The molecule has 0 saturated carbocycles. The monoisotopic (exact) mass is 511 g/mol. The molecule has 2 aliphatic rings. The predicted octanol–water partition coefficient (Wildman–Crippen LogP) is 3.85. The second kappa shape index (κ2) is 8.73. The first-order valence-corrected chi connectivity index (χ1v) is 11.4. The highest BCUT2D eigenvalue weighted by molar-refractivity contribution is 7.89. The number of hydrogen-bond donors (Lipinski definition) is 1. The summed E-state index contributed by atoms with van der Waals surface area (Å²) in [5.41, 5.74) is -2.14. The zero-order chi connectivity index (χ0) is 24.8. The van der Waals surface area contributed by atoms with E-state index in [-0.39, 0.29) is 12.3 Å². The summed E-state index contributed by atoms with van der Waals surface area (Å²) in [6.07, 6.45) is -1.81. The van der Waals surface area contributed by atoms with Crippen molar-refractivity contribution in [1.29, 1.82) is 0 Å². The molecule has 14 heteroatoms. The quantitative estimate of drug-likeness (QED) is 0.620. The van der Waals surface area contributed by atoms with Gasteiger partial charge < -0.3 is 9.74 Å². The Kier molecular flexibility index (Phi) is 6.23. The molecule has 1 unspecified atom stereocenters. The molecule has 0 spiro atoms. The maximum Gasteiger partial charge on any atom is 0.282 e. The minimum atomic E-state index is -4.59. The summed E-state index contributed by atoms with van der Waals surface area (Å²) in [7, 11) is -4.59. The number of nitrogens with one attached hydrogen (secondary N) is 1. The summed E-state index contributed by atoms with van der Waals surface area (Å²) in [6, 6.07) is 0.298. The number of alkyl halides is 3. The summed E-state index contributed by atoms with van der Waals surface area (Å²) in [5, 5.41) is 3.62. The maximum atomic E-state index is 14.8. The van der Waals surface area contributed by atoms with Crippen molar-refractivity contribution in [1.82, 2.24) is 9.62 Å². The van der Waals surface area contributed by atoms with Gasteiger partial charge in [0.05, 0.1) is 18.5 Å². The van der Waals surface area contributed by atoms with Crippen LogP contribution in [-0.4, -0.2) is 50.2 Å². The van der Waals surface area contributed by atoms with E-state index in [4.69, 9.17) is 4.84 Å². The molecule has 2 aromatic carbocycles. The molecule has 6 nitrogen and oxygen atoms in total. The first-order chi connectivity index (χ1) is 15.9. The van der Waals surface area contributed by atoms with Crippen molar-refractivity contribution in [2.24, 2.45) is 5.16 Å². The Hall–Kier alpha value is -2.87. The van der Waals surface area contributed by atoms with Crippen LogP contribution in [0.25, 0.3) is 11.1 Å². The van der Waals surface area contributed by atoms with E-state index in [1.54, 1.807) is 4.72 Å². The number of nitrogens with zero attached hydrogens (tertiary/aromatic N) is 2. The van der Waals surface area contributed by atoms with Gasteiger partial charge in [-0.2, -0.15) is 0 Å². The van der Waals surface area contributed by atoms with E-state index >= 15 is 0 Å². The fraction of sp³-hybridized carbons (Fsp3) is 0.350. The van der Waals surface area contributed by atoms with Crippen LogP contribution in [0, 0.1) is 23.3 Å². The minimum absolute atomic E-state index is 0.157. The van der Waals surface area contributed by atoms with Crippen molar-refractivity contribution >= 4 is 15.9 Å². The zero-order valence-electron chi connectivity index (χ0n) is 17.0. The Balaban J connectivity index is 1.62. The number of halogens is 7. The third kappa shape index (κ3) is 4.43. The Labute approximate surface area is 189 Å². The van der Waals surface area contributed by atoms with Crippen molar-refractivity contribution in [2.45, 2.75) is 24.5 Å². The Bertz CT molecular complexity index is 1240. The molecule has 184 valence electrons. The average Bonchev–Trinajstić information content (AvgIpc) is 3.35. The fourth-order valence-corrected chi connectivity index (χ4v) is 4.67. The number of likely N-dealkylation sites (tertiary alicyclic amines) is 1. The SMILES string of the molecule is O=S(=O)(CF)N[C@@H]1CN(C2=NOC(c3c(F)ccc(F)c3-c3c(F)cccc3F)C2)CC1(F)F. The maximum absolute atomic E-state index is 14.8. The van der Waals surface area contributed by atoms with Gasteiger partial charge in [-0.15, -0.1) is 0 Å². The lowest BCUT2D eigenvalue weighted by Crippen LogP contribution is -2.47. The van der Waals surface area contributed by atoms with Crippen molar-refractivity contribution < 1.29 is 44.0 Å². The van der Waals surface area contributed by atoms with Gasteiger partial charge in [-0.05, 0) is 24.3 Å². The molecular weight excluding hydrogens is 495 g/mol. The Morgan fingerprint density at radius 1 is 1.03 bits per heavy atom. The average molecular weight is 511 g/mol. The van der Waals surface area contributed by atoms with E-state index in [2.05, 4.69) is 5.16 Å². The van der Waals surface area contributed by atoms with Crippen LogP contribution in [0.3, 0.4) is 0 Å². The van der Waals surface area contributed by atoms with Gasteiger partial charge in [0, 0.05) is 17.7 Å². The summed E-state index contributed by atoms with van der Waals surface area (Å²) in [4.78, 5) is 6.07. The fourth-order valence-electron chi connectivity index (χ4n) is 3.93. The van der Waals surface area contributed by atoms with Gasteiger partial charge in [-0.1, -0.05) is 11.2 Å². The molecule has 0 bridgehead atoms. The van der Waals surface area contributed by atoms with Crippen molar-refractivity contribution in [3.05, 3.63) is 59.2 Å². The third-order valence-corrected chi connectivity index (χ3v) is 6.41. The highest BCUT2D eigenvalue weighted by atomic mass is 32.2. The highest BCUT2D eigenvalue weighted by Crippen LogP contribution is 2.41. The Morgan fingerprint density at radius 3 is 2.29 bits per heavy atom. The van der Waals surface area contributed by atoms with E-state index in [0.29, 0.717) is 6.07 Å². The molecule has 0 radical (unpaired) electrons. The molecule has 4 rings (SSSR count). The van der Waals surface area contributed by atoms with Crippen molar-refractivity contribution in [3.63, 3.8) is 0 Å². The van der Waals surface area contributed by atoms with Crippen LogP contribution >= 0.6 is 0 Å². The topological polar surface area (TPSA) is 71.0 Å². The van der Waals surface area contributed by atoms with Crippen LogP contribution in [0.5, 0.6) is 0 Å². The van der Waals surface area contributed by atoms with Crippen LogP contribution in [0.2, 0.25) is 0 Å². The van der Waals surface area contributed by atoms with Gasteiger partial charge in [0.1, 0.15) is 35.1 Å². The lowest BCUT2D eigenvalue weighted by molar-refractivity contribution is -0.00133. The summed E-state index contributed by atoms with van der Waals surface area (Å²) < 4.78 is 124. The van der Waals surface area contributed by atoms with Crippen LogP contribution < -0.4 is 4.72 Å². The lowest BCUT2D eigenvalue weighted by atomic mass is 9.93. The molecule has 2 atom stereocenters. The molecule has 34 heavy (non-hydrogen) atoms. The van der Waals surface area contributed by atoms with Crippen molar-refractivity contribution in [3.8, 4) is 11.1 Å². The van der Waals surface area contributed by atoms with E-state index in [9.17, 15) is 39.2 Å². The van der Waals surface area contributed by atoms with Crippen molar-refractivity contribution in [2.75, 3.05) is 19.1 Å². The predicted molar refractivity (Wildman–Crippen MR) is 106 cm³/mol. The van der Waals surface area contributed by atoms with Gasteiger partial charge in [-0.25, -0.2) is 43.9 Å². The molecule has 2 aliphatic heterocycles. The molecule has 0 aromatic heterocycles. The molecule has 1 saturated heterocycles. The Morgan fingerprint density at radius 2 is 1.65 bits per heavy atom. The largest absolute Gasteiger partial charge is 0.386 e. The lowest BCUT2D eigenvalue weighted by Gasteiger charge is -2.19. The number of oxime groups is 1. The van der Waals surface area contributed by atoms with Crippen LogP contribution in [-0.2, 0) is 14.9 Å². The van der Waals surface area contributed by atoms with Gasteiger partial charge in [0.15, 0.2) is 6.10 Å². The van der Waals surface area contributed by atoms with Gasteiger partial charge in [0.2, 0.25) is 16.0 Å². The number of hydrogen-bond acceptors (Lipinski definition) is 5. The zero-order valence-corrected chi connectivity index (χ0v) is 17.9. The number of benzene rings is 2. The van der Waals surface area contributed by atoms with E-state index in [1.807, 2.05) is 0 Å². The normalized spacial score (nSPS) is 22.1. The number of sulfonamides is 1. The van der Waals surface area contributed by atoms with E-state index in [0.717, 1.165) is 29.2 Å². The third-order valence-electron chi connectivity index (χ3n) is 5.47. The second-order valence-electron chi connectivity index (χ2n) is 7.76. The smallest absolute Gasteiger partial charge is 0.282 e. The van der Waals surface area contributed by atoms with Crippen LogP contribution in [0.4, 0.5) is 30.7 Å². The molecular formula is C20H16F7N3O3S. The molecule has 2 heterocycles. The van der Waals surface area contributed by atoms with Gasteiger partial charge >= 0.3 is 0 Å². The first-order valence-electron chi connectivity index (χ1n) is 9.77. The van der Waals surface area contributed by atoms with Gasteiger partial charge in [0.25, 0.3) is 5.92 Å². The molecule has 0 aliphatic carbocycles. The van der Waals surface area contributed by atoms with Crippen LogP contribution in [0.15, 0.2) is 35.5 Å².